The number of rotatable bonds is 8. The van der Waals surface area contributed by atoms with E-state index in [2.05, 4.69) is 0 Å². The number of nitrogens with zero attached hydrogens (tertiary/aromatic N) is 2. The van der Waals surface area contributed by atoms with E-state index in [1.165, 1.54) is 12.1 Å². The van der Waals surface area contributed by atoms with Crippen LogP contribution in [0.15, 0.2) is 48.5 Å². The molecule has 3 nitrogen and oxygen atoms in total. The van der Waals surface area contributed by atoms with Crippen LogP contribution in [0, 0.1) is 11.6 Å². The van der Waals surface area contributed by atoms with Gasteiger partial charge in [-0.25, -0.2) is 8.78 Å². The van der Waals surface area contributed by atoms with Crippen LogP contribution < -0.4 is 0 Å². The summed E-state index contributed by atoms with van der Waals surface area (Å²) >= 11 is 0. The first-order chi connectivity index (χ1) is 12.6. The highest BCUT2D eigenvalue weighted by molar-refractivity contribution is 5.78. The van der Waals surface area contributed by atoms with E-state index in [-0.39, 0.29) is 12.5 Å². The van der Waals surface area contributed by atoms with E-state index in [9.17, 15) is 13.6 Å². The Hall–Kier alpha value is -2.27. The van der Waals surface area contributed by atoms with E-state index in [0.717, 1.165) is 24.5 Å². The number of benzene rings is 2. The lowest BCUT2D eigenvalue weighted by atomic mass is 10.2. The first-order valence-electron chi connectivity index (χ1n) is 9.06. The fourth-order valence-electron chi connectivity index (χ4n) is 3.08. The van der Waals surface area contributed by atoms with Crippen LogP contribution in [0.4, 0.5) is 8.78 Å². The molecule has 0 bridgehead atoms. The summed E-state index contributed by atoms with van der Waals surface area (Å²) in [6, 6.07) is 13.8. The molecule has 3 rings (SSSR count). The van der Waals surface area contributed by atoms with Gasteiger partial charge in [0.25, 0.3) is 0 Å². The normalized spacial score (nSPS) is 13.8. The van der Waals surface area contributed by atoms with Crippen molar-refractivity contribution in [2.24, 2.45) is 0 Å². The summed E-state index contributed by atoms with van der Waals surface area (Å²) < 4.78 is 27.1. The Bertz CT molecular complexity index is 747. The third-order valence-corrected chi connectivity index (χ3v) is 4.74. The molecule has 0 unspecified atom stereocenters. The molecular weight excluding hydrogens is 334 g/mol. The smallest absolute Gasteiger partial charge is 0.237 e. The molecule has 0 spiro atoms. The molecule has 0 aliphatic heterocycles. The van der Waals surface area contributed by atoms with Gasteiger partial charge in [-0.05, 0) is 31.4 Å². The van der Waals surface area contributed by atoms with Crippen LogP contribution in [0.25, 0.3) is 0 Å². The molecule has 1 saturated carbocycles. The summed E-state index contributed by atoms with van der Waals surface area (Å²) in [6.45, 7) is 3.73. The Kier molecular flexibility index (Phi) is 5.99. The molecule has 0 aromatic heterocycles. The molecule has 0 N–H and O–H groups in total. The summed E-state index contributed by atoms with van der Waals surface area (Å²) in [7, 11) is 0. The fourth-order valence-corrected chi connectivity index (χ4v) is 3.08. The fraction of sp³-hybridized carbons (Fsp3) is 0.381. The lowest BCUT2D eigenvalue weighted by molar-refractivity contribution is -0.133. The molecule has 1 aliphatic rings. The molecule has 0 radical (unpaired) electrons. The van der Waals surface area contributed by atoms with Gasteiger partial charge in [0.2, 0.25) is 5.91 Å². The van der Waals surface area contributed by atoms with E-state index < -0.39 is 11.6 Å². The van der Waals surface area contributed by atoms with E-state index >= 15 is 0 Å². The van der Waals surface area contributed by atoms with Crippen LogP contribution in [0.5, 0.6) is 0 Å². The van der Waals surface area contributed by atoms with Crippen LogP contribution in [0.3, 0.4) is 0 Å². The van der Waals surface area contributed by atoms with Gasteiger partial charge < -0.3 is 4.90 Å². The number of hydrogen-bond acceptors (Lipinski definition) is 2. The van der Waals surface area contributed by atoms with Crippen LogP contribution in [-0.4, -0.2) is 34.8 Å². The molecule has 5 heteroatoms. The largest absolute Gasteiger partial charge is 0.338 e. The number of amides is 1. The summed E-state index contributed by atoms with van der Waals surface area (Å²) in [5.74, 6) is -1.11. The highest BCUT2D eigenvalue weighted by Crippen LogP contribution is 2.29. The van der Waals surface area contributed by atoms with Crippen molar-refractivity contribution in [1.82, 2.24) is 9.80 Å². The van der Waals surface area contributed by atoms with Crippen molar-refractivity contribution >= 4 is 5.91 Å². The molecule has 0 atom stereocenters. The molecule has 138 valence electrons. The van der Waals surface area contributed by atoms with Crippen molar-refractivity contribution in [3.05, 3.63) is 71.3 Å². The summed E-state index contributed by atoms with van der Waals surface area (Å²) in [6.07, 6.45) is 2.03. The molecule has 0 heterocycles. The van der Waals surface area contributed by atoms with E-state index in [4.69, 9.17) is 0 Å². The Morgan fingerprint density at radius 1 is 1.08 bits per heavy atom. The summed E-state index contributed by atoms with van der Waals surface area (Å²) in [5, 5.41) is 0. The maximum Gasteiger partial charge on any atom is 0.237 e. The van der Waals surface area contributed by atoms with Crippen molar-refractivity contribution in [3.63, 3.8) is 0 Å². The second-order valence-electron chi connectivity index (χ2n) is 6.77. The number of carbonyl (C=O) groups excluding carboxylic acids is 1. The molecule has 2 aromatic carbocycles. The average molecular weight is 358 g/mol. The number of halogens is 2. The van der Waals surface area contributed by atoms with Crippen LogP contribution in [0.2, 0.25) is 0 Å². The van der Waals surface area contributed by atoms with Gasteiger partial charge in [-0.1, -0.05) is 36.4 Å². The minimum atomic E-state index is -0.583. The topological polar surface area (TPSA) is 23.6 Å². The van der Waals surface area contributed by atoms with Crippen molar-refractivity contribution in [2.75, 3.05) is 13.1 Å². The number of likely N-dealkylation sites (N-methyl/N-ethyl adjacent to an activating group) is 1. The van der Waals surface area contributed by atoms with Gasteiger partial charge in [-0.15, -0.1) is 0 Å². The highest BCUT2D eigenvalue weighted by Gasteiger charge is 2.31. The predicted octanol–water partition coefficient (Wildman–Crippen LogP) is 3.98. The van der Waals surface area contributed by atoms with Crippen LogP contribution in [-0.2, 0) is 17.9 Å². The molecule has 1 amide bonds. The first kappa shape index (κ1) is 18.5. The lowest BCUT2D eigenvalue weighted by Gasteiger charge is -2.27. The number of hydrogen-bond donors (Lipinski definition) is 0. The lowest BCUT2D eigenvalue weighted by Crippen LogP contribution is -2.40. The van der Waals surface area contributed by atoms with Gasteiger partial charge in [-0.3, -0.25) is 9.69 Å². The molecule has 1 aliphatic carbocycles. The Labute approximate surface area is 153 Å². The van der Waals surface area contributed by atoms with E-state index in [0.29, 0.717) is 31.2 Å². The quantitative estimate of drug-likeness (QED) is 0.713. The van der Waals surface area contributed by atoms with Crippen molar-refractivity contribution in [3.8, 4) is 0 Å². The molecular formula is C21H24F2N2O. The first-order valence-corrected chi connectivity index (χ1v) is 9.06. The molecule has 2 aromatic rings. The highest BCUT2D eigenvalue weighted by atomic mass is 19.1. The Balaban J connectivity index is 1.65. The monoisotopic (exact) mass is 358 g/mol. The Morgan fingerprint density at radius 3 is 2.42 bits per heavy atom. The van der Waals surface area contributed by atoms with Gasteiger partial charge >= 0.3 is 0 Å². The third-order valence-electron chi connectivity index (χ3n) is 4.74. The minimum absolute atomic E-state index is 0.0331. The van der Waals surface area contributed by atoms with Gasteiger partial charge in [0.1, 0.15) is 11.6 Å². The van der Waals surface area contributed by atoms with E-state index in [1.54, 1.807) is 0 Å². The zero-order chi connectivity index (χ0) is 18.5. The summed E-state index contributed by atoms with van der Waals surface area (Å²) in [4.78, 5) is 16.6. The minimum Gasteiger partial charge on any atom is -0.338 e. The standard InChI is InChI=1S/C21H24F2N2O/c1-2-24(13-16-6-4-3-5-7-16)21(26)15-25(19-10-11-19)14-17-8-9-18(22)12-20(17)23/h3-9,12,19H,2,10-11,13-15H2,1H3. The molecule has 0 saturated heterocycles. The Morgan fingerprint density at radius 2 is 1.81 bits per heavy atom. The SMILES string of the molecule is CCN(Cc1ccccc1)C(=O)CN(Cc1ccc(F)cc1F)C1CC1. The van der Waals surface area contributed by atoms with Gasteiger partial charge in [0.15, 0.2) is 0 Å². The maximum absolute atomic E-state index is 14.0. The maximum atomic E-state index is 14.0. The third kappa shape index (κ3) is 4.88. The average Bonchev–Trinajstić information content (AvgIpc) is 3.47. The van der Waals surface area contributed by atoms with Crippen molar-refractivity contribution in [1.29, 1.82) is 0 Å². The zero-order valence-corrected chi connectivity index (χ0v) is 15.0. The van der Waals surface area contributed by atoms with Gasteiger partial charge in [0.05, 0.1) is 6.54 Å². The van der Waals surface area contributed by atoms with Crippen LogP contribution >= 0.6 is 0 Å². The van der Waals surface area contributed by atoms with E-state index in [1.807, 2.05) is 47.1 Å². The van der Waals surface area contributed by atoms with Crippen molar-refractivity contribution in [2.45, 2.75) is 38.9 Å². The van der Waals surface area contributed by atoms with Gasteiger partial charge in [-0.2, -0.15) is 0 Å². The van der Waals surface area contributed by atoms with Gasteiger partial charge in [0, 0.05) is 37.3 Å². The molecule has 26 heavy (non-hydrogen) atoms. The predicted molar refractivity (Wildman–Crippen MR) is 97.3 cm³/mol. The summed E-state index contributed by atoms with van der Waals surface area (Å²) in [5.41, 5.74) is 1.52. The molecule has 1 fully saturated rings. The second-order valence-corrected chi connectivity index (χ2v) is 6.77. The number of carbonyl (C=O) groups is 1. The second kappa shape index (κ2) is 8.41. The van der Waals surface area contributed by atoms with Crippen LogP contribution in [0.1, 0.15) is 30.9 Å². The zero-order valence-electron chi connectivity index (χ0n) is 15.0. The van der Waals surface area contributed by atoms with Crippen molar-refractivity contribution < 1.29 is 13.6 Å².